The minimum atomic E-state index is 0.681. The van der Waals surface area contributed by atoms with Crippen LogP contribution in [0.1, 0.15) is 38.3 Å². The van der Waals surface area contributed by atoms with Crippen molar-refractivity contribution in [1.82, 2.24) is 4.98 Å². The quantitative estimate of drug-likeness (QED) is 0.616. The van der Waals surface area contributed by atoms with E-state index >= 15 is 0 Å². The van der Waals surface area contributed by atoms with Gasteiger partial charge in [0.25, 0.3) is 0 Å². The SMILES string of the molecule is CCCCCCc1coc(-c2ccc(N)cc2)n1. The third kappa shape index (κ3) is 3.36. The zero-order valence-electron chi connectivity index (χ0n) is 10.9. The van der Waals surface area contributed by atoms with Crippen LogP contribution < -0.4 is 5.73 Å². The Kier molecular flexibility index (Phi) is 4.40. The summed E-state index contributed by atoms with van der Waals surface area (Å²) in [6.45, 7) is 2.22. The molecular weight excluding hydrogens is 224 g/mol. The maximum absolute atomic E-state index is 5.65. The highest BCUT2D eigenvalue weighted by atomic mass is 16.3. The van der Waals surface area contributed by atoms with Gasteiger partial charge in [0, 0.05) is 11.3 Å². The smallest absolute Gasteiger partial charge is 0.226 e. The van der Waals surface area contributed by atoms with Gasteiger partial charge in [-0.3, -0.25) is 0 Å². The Labute approximate surface area is 108 Å². The highest BCUT2D eigenvalue weighted by Crippen LogP contribution is 2.20. The first-order valence-electron chi connectivity index (χ1n) is 6.60. The molecule has 0 saturated carbocycles. The molecule has 18 heavy (non-hydrogen) atoms. The Morgan fingerprint density at radius 1 is 1.11 bits per heavy atom. The fourth-order valence-electron chi connectivity index (χ4n) is 1.91. The van der Waals surface area contributed by atoms with Crippen LogP contribution in [0.3, 0.4) is 0 Å². The van der Waals surface area contributed by atoms with Gasteiger partial charge in [0.15, 0.2) is 0 Å². The molecule has 0 unspecified atom stereocenters. The Hall–Kier alpha value is -1.77. The lowest BCUT2D eigenvalue weighted by Gasteiger charge is -1.96. The summed E-state index contributed by atoms with van der Waals surface area (Å²) in [6, 6.07) is 7.59. The van der Waals surface area contributed by atoms with Gasteiger partial charge in [-0.05, 0) is 37.1 Å². The predicted molar refractivity (Wildman–Crippen MR) is 74.2 cm³/mol. The van der Waals surface area contributed by atoms with E-state index in [4.69, 9.17) is 10.2 Å². The molecule has 0 amide bonds. The van der Waals surface area contributed by atoms with Crippen molar-refractivity contribution in [3.63, 3.8) is 0 Å². The molecule has 1 aromatic heterocycles. The standard InChI is InChI=1S/C15H20N2O/c1-2-3-4-5-6-14-11-18-15(17-14)12-7-9-13(16)10-8-12/h7-11H,2-6,16H2,1H3. The first kappa shape index (κ1) is 12.7. The molecule has 0 fully saturated rings. The van der Waals surface area contributed by atoms with E-state index in [-0.39, 0.29) is 0 Å². The highest BCUT2D eigenvalue weighted by molar-refractivity contribution is 5.57. The van der Waals surface area contributed by atoms with Crippen molar-refractivity contribution >= 4 is 5.69 Å². The number of hydrogen-bond donors (Lipinski definition) is 1. The molecule has 1 heterocycles. The first-order valence-corrected chi connectivity index (χ1v) is 6.60. The van der Waals surface area contributed by atoms with Gasteiger partial charge in [0.2, 0.25) is 5.89 Å². The number of anilines is 1. The summed E-state index contributed by atoms with van der Waals surface area (Å²) in [5, 5.41) is 0. The van der Waals surface area contributed by atoms with E-state index < -0.39 is 0 Å². The Balaban J connectivity index is 1.95. The van der Waals surface area contributed by atoms with Crippen LogP contribution in [0.4, 0.5) is 5.69 Å². The molecule has 2 rings (SSSR count). The Morgan fingerprint density at radius 2 is 1.89 bits per heavy atom. The number of nitrogens with zero attached hydrogens (tertiary/aromatic N) is 1. The maximum Gasteiger partial charge on any atom is 0.226 e. The fraction of sp³-hybridized carbons (Fsp3) is 0.400. The van der Waals surface area contributed by atoms with E-state index in [2.05, 4.69) is 11.9 Å². The second-order valence-corrected chi connectivity index (χ2v) is 4.58. The molecule has 96 valence electrons. The molecule has 0 atom stereocenters. The molecule has 0 aliphatic rings. The molecule has 2 aromatic rings. The van der Waals surface area contributed by atoms with Gasteiger partial charge in [0.05, 0.1) is 5.69 Å². The molecule has 2 N–H and O–H groups in total. The van der Waals surface area contributed by atoms with Crippen LogP contribution in [0.15, 0.2) is 34.9 Å². The molecule has 0 saturated heterocycles. The third-order valence-electron chi connectivity index (χ3n) is 3.00. The van der Waals surface area contributed by atoms with Crippen molar-refractivity contribution in [2.45, 2.75) is 39.0 Å². The number of hydrogen-bond acceptors (Lipinski definition) is 3. The number of aryl methyl sites for hydroxylation is 1. The number of nitrogens with two attached hydrogens (primary N) is 1. The van der Waals surface area contributed by atoms with Crippen molar-refractivity contribution < 1.29 is 4.42 Å². The van der Waals surface area contributed by atoms with Gasteiger partial charge >= 0.3 is 0 Å². The van der Waals surface area contributed by atoms with E-state index in [1.54, 1.807) is 6.26 Å². The summed E-state index contributed by atoms with van der Waals surface area (Å²) in [6.07, 6.45) is 7.76. The lowest BCUT2D eigenvalue weighted by Crippen LogP contribution is -1.87. The average Bonchev–Trinajstić information content (AvgIpc) is 2.84. The maximum atomic E-state index is 5.65. The zero-order valence-corrected chi connectivity index (χ0v) is 10.9. The average molecular weight is 244 g/mol. The molecule has 0 bridgehead atoms. The molecule has 3 heteroatoms. The topological polar surface area (TPSA) is 52.0 Å². The molecule has 0 aliphatic carbocycles. The monoisotopic (exact) mass is 244 g/mol. The summed E-state index contributed by atoms with van der Waals surface area (Å²) >= 11 is 0. The second-order valence-electron chi connectivity index (χ2n) is 4.58. The number of benzene rings is 1. The lowest BCUT2D eigenvalue weighted by molar-refractivity contribution is 0.571. The van der Waals surface area contributed by atoms with Crippen LogP contribution >= 0.6 is 0 Å². The number of rotatable bonds is 6. The van der Waals surface area contributed by atoms with Crippen LogP contribution in [0.25, 0.3) is 11.5 Å². The molecule has 1 aromatic carbocycles. The molecule has 0 spiro atoms. The predicted octanol–water partition coefficient (Wildman–Crippen LogP) is 4.05. The fourth-order valence-corrected chi connectivity index (χ4v) is 1.91. The van der Waals surface area contributed by atoms with Crippen molar-refractivity contribution in [2.24, 2.45) is 0 Å². The zero-order chi connectivity index (χ0) is 12.8. The number of aromatic nitrogens is 1. The van der Waals surface area contributed by atoms with Crippen molar-refractivity contribution in [2.75, 3.05) is 5.73 Å². The normalized spacial score (nSPS) is 10.7. The van der Waals surface area contributed by atoms with Gasteiger partial charge in [0.1, 0.15) is 6.26 Å². The molecular formula is C15H20N2O. The van der Waals surface area contributed by atoms with Gasteiger partial charge in [-0.2, -0.15) is 0 Å². The Bertz CT molecular complexity index is 473. The highest BCUT2D eigenvalue weighted by Gasteiger charge is 2.06. The van der Waals surface area contributed by atoms with Crippen LogP contribution in [-0.4, -0.2) is 4.98 Å². The van der Waals surface area contributed by atoms with E-state index in [0.717, 1.165) is 23.4 Å². The van der Waals surface area contributed by atoms with Gasteiger partial charge in [-0.1, -0.05) is 26.2 Å². The van der Waals surface area contributed by atoms with Crippen LogP contribution in [0.2, 0.25) is 0 Å². The number of oxazole rings is 1. The van der Waals surface area contributed by atoms with Gasteiger partial charge in [-0.15, -0.1) is 0 Å². The van der Waals surface area contributed by atoms with Crippen LogP contribution in [0, 0.1) is 0 Å². The van der Waals surface area contributed by atoms with E-state index in [1.165, 1.54) is 25.7 Å². The van der Waals surface area contributed by atoms with E-state index in [0.29, 0.717) is 5.89 Å². The summed E-state index contributed by atoms with van der Waals surface area (Å²) in [7, 11) is 0. The lowest BCUT2D eigenvalue weighted by atomic mass is 10.1. The van der Waals surface area contributed by atoms with Gasteiger partial charge < -0.3 is 10.2 Å². The summed E-state index contributed by atoms with van der Waals surface area (Å²) in [4.78, 5) is 4.50. The minimum Gasteiger partial charge on any atom is -0.444 e. The van der Waals surface area contributed by atoms with Crippen LogP contribution in [-0.2, 0) is 6.42 Å². The number of unbranched alkanes of at least 4 members (excludes halogenated alkanes) is 3. The van der Waals surface area contributed by atoms with Crippen molar-refractivity contribution in [3.05, 3.63) is 36.2 Å². The van der Waals surface area contributed by atoms with Gasteiger partial charge in [-0.25, -0.2) is 4.98 Å². The van der Waals surface area contributed by atoms with E-state index in [1.807, 2.05) is 24.3 Å². The summed E-state index contributed by atoms with van der Waals surface area (Å²) < 4.78 is 5.50. The molecule has 3 nitrogen and oxygen atoms in total. The molecule has 0 radical (unpaired) electrons. The van der Waals surface area contributed by atoms with Crippen molar-refractivity contribution in [1.29, 1.82) is 0 Å². The summed E-state index contributed by atoms with van der Waals surface area (Å²) in [5.41, 5.74) is 8.42. The van der Waals surface area contributed by atoms with E-state index in [9.17, 15) is 0 Å². The number of nitrogen functional groups attached to an aromatic ring is 1. The summed E-state index contributed by atoms with van der Waals surface area (Å²) in [5.74, 6) is 0.681. The van der Waals surface area contributed by atoms with Crippen molar-refractivity contribution in [3.8, 4) is 11.5 Å². The molecule has 0 aliphatic heterocycles. The Morgan fingerprint density at radius 3 is 2.61 bits per heavy atom. The second kappa shape index (κ2) is 6.24. The van der Waals surface area contributed by atoms with Crippen LogP contribution in [0.5, 0.6) is 0 Å². The largest absolute Gasteiger partial charge is 0.444 e. The first-order chi connectivity index (χ1) is 8.79. The third-order valence-corrected chi connectivity index (χ3v) is 3.00. The minimum absolute atomic E-state index is 0.681.